The summed E-state index contributed by atoms with van der Waals surface area (Å²) in [6.07, 6.45) is 1.64. The van der Waals surface area contributed by atoms with E-state index < -0.39 is 5.51 Å². The molecule has 0 spiro atoms. The number of nitrogens with zero attached hydrogens (tertiary/aromatic N) is 3. The number of aliphatic hydroxyl groups is 1. The smallest absolute Gasteiger partial charge is 0.394 e. The highest BCUT2D eigenvalue weighted by Crippen LogP contribution is 2.37. The molecule has 0 fully saturated rings. The molecular formula is C21H22F3N5OS. The maximum absolute atomic E-state index is 12.7. The second-order valence-corrected chi connectivity index (χ2v) is 8.19. The Morgan fingerprint density at radius 3 is 2.48 bits per heavy atom. The summed E-state index contributed by atoms with van der Waals surface area (Å²) >= 11 is -0.180. The van der Waals surface area contributed by atoms with Gasteiger partial charge in [-0.25, -0.2) is 4.98 Å². The number of nitrogens with one attached hydrogen (secondary N) is 2. The van der Waals surface area contributed by atoms with Crippen molar-refractivity contribution in [3.8, 4) is 11.4 Å². The minimum atomic E-state index is -4.37. The molecule has 31 heavy (non-hydrogen) atoms. The van der Waals surface area contributed by atoms with Gasteiger partial charge in [-0.15, -0.1) is 0 Å². The van der Waals surface area contributed by atoms with Crippen LogP contribution in [0, 0.1) is 5.92 Å². The first kappa shape index (κ1) is 22.8. The van der Waals surface area contributed by atoms with Crippen molar-refractivity contribution in [3.63, 3.8) is 0 Å². The number of thioether (sulfide) groups is 1. The molecule has 3 aromatic rings. The third kappa shape index (κ3) is 6.83. The third-order valence-electron chi connectivity index (χ3n) is 4.31. The minimum absolute atomic E-state index is 0.0648. The second kappa shape index (κ2) is 9.97. The van der Waals surface area contributed by atoms with E-state index in [0.29, 0.717) is 22.9 Å². The zero-order valence-electron chi connectivity index (χ0n) is 16.9. The molecule has 2 aromatic heterocycles. The lowest BCUT2D eigenvalue weighted by Crippen LogP contribution is -2.30. The molecule has 0 amide bonds. The van der Waals surface area contributed by atoms with Crippen molar-refractivity contribution in [1.29, 1.82) is 0 Å². The number of halogens is 3. The summed E-state index contributed by atoms with van der Waals surface area (Å²) in [5.41, 5.74) is -2.77. The van der Waals surface area contributed by atoms with Gasteiger partial charge in [0.05, 0.1) is 24.0 Å². The van der Waals surface area contributed by atoms with Crippen molar-refractivity contribution < 1.29 is 18.3 Å². The number of rotatable bonds is 8. The third-order valence-corrected chi connectivity index (χ3v) is 5.03. The Labute approximate surface area is 182 Å². The predicted octanol–water partition coefficient (Wildman–Crippen LogP) is 5.32. The average Bonchev–Trinajstić information content (AvgIpc) is 2.71. The Kier molecular flexibility index (Phi) is 7.34. The predicted molar refractivity (Wildman–Crippen MR) is 116 cm³/mol. The highest BCUT2D eigenvalue weighted by molar-refractivity contribution is 8.00. The normalized spacial score (nSPS) is 12.6. The molecule has 2 heterocycles. The van der Waals surface area contributed by atoms with E-state index in [1.54, 1.807) is 30.5 Å². The Morgan fingerprint density at radius 2 is 1.84 bits per heavy atom. The molecule has 0 radical (unpaired) electrons. The molecule has 0 saturated heterocycles. The van der Waals surface area contributed by atoms with Gasteiger partial charge in [-0.05, 0) is 48.0 Å². The summed E-state index contributed by atoms with van der Waals surface area (Å²) in [6, 6.07) is 12.8. The van der Waals surface area contributed by atoms with Gasteiger partial charge in [-0.3, -0.25) is 4.98 Å². The van der Waals surface area contributed by atoms with Crippen LogP contribution in [-0.4, -0.2) is 38.2 Å². The summed E-state index contributed by atoms with van der Waals surface area (Å²) in [6.45, 7) is 3.81. The van der Waals surface area contributed by atoms with E-state index in [0.717, 1.165) is 0 Å². The van der Waals surface area contributed by atoms with Crippen LogP contribution in [0.4, 0.5) is 30.6 Å². The maximum Gasteiger partial charge on any atom is 0.446 e. The van der Waals surface area contributed by atoms with Gasteiger partial charge in [0.1, 0.15) is 5.82 Å². The van der Waals surface area contributed by atoms with Gasteiger partial charge < -0.3 is 15.7 Å². The zero-order chi connectivity index (χ0) is 22.4. The van der Waals surface area contributed by atoms with Gasteiger partial charge in [0.15, 0.2) is 0 Å². The van der Waals surface area contributed by atoms with Crippen LogP contribution in [0.15, 0.2) is 59.6 Å². The number of benzene rings is 1. The van der Waals surface area contributed by atoms with Crippen LogP contribution in [0.25, 0.3) is 11.4 Å². The molecule has 0 aliphatic carbocycles. The molecule has 0 saturated carbocycles. The van der Waals surface area contributed by atoms with E-state index in [9.17, 15) is 18.3 Å². The molecule has 0 bridgehead atoms. The van der Waals surface area contributed by atoms with Gasteiger partial charge >= 0.3 is 5.51 Å². The zero-order valence-corrected chi connectivity index (χ0v) is 17.7. The van der Waals surface area contributed by atoms with Crippen molar-refractivity contribution in [1.82, 2.24) is 15.0 Å². The van der Waals surface area contributed by atoms with Crippen molar-refractivity contribution >= 4 is 29.2 Å². The fraction of sp³-hybridized carbons (Fsp3) is 0.286. The topological polar surface area (TPSA) is 83.0 Å². The lowest BCUT2D eigenvalue weighted by Gasteiger charge is -2.20. The number of anilines is 3. The first-order chi connectivity index (χ1) is 14.7. The Bertz CT molecular complexity index is 1000. The fourth-order valence-electron chi connectivity index (χ4n) is 2.73. The standard InChI is InChI=1S/C21H22F3N5OS/c1-13(2)18(12-30)28-20-27-17(16-8-3-4-9-25-16)11-19(29-20)26-14-6-5-7-15(10-14)31-21(22,23)24/h3-11,13,18,30H,12H2,1-2H3,(H2,26,27,28,29)/t18-/m1/s1. The molecule has 3 rings (SSSR count). The molecule has 0 aliphatic rings. The monoisotopic (exact) mass is 449 g/mol. The van der Waals surface area contributed by atoms with Crippen molar-refractivity contribution in [3.05, 3.63) is 54.7 Å². The van der Waals surface area contributed by atoms with E-state index >= 15 is 0 Å². The maximum atomic E-state index is 12.7. The van der Waals surface area contributed by atoms with E-state index in [4.69, 9.17) is 0 Å². The summed E-state index contributed by atoms with van der Waals surface area (Å²) < 4.78 is 38.1. The number of aromatic nitrogens is 3. The van der Waals surface area contributed by atoms with E-state index in [1.807, 2.05) is 19.9 Å². The number of pyridine rings is 1. The van der Waals surface area contributed by atoms with Crippen LogP contribution in [0.3, 0.4) is 0 Å². The van der Waals surface area contributed by atoms with Crippen LogP contribution in [0.5, 0.6) is 0 Å². The summed E-state index contributed by atoms with van der Waals surface area (Å²) in [5, 5.41) is 15.8. The molecule has 3 N–H and O–H groups in total. The molecule has 164 valence electrons. The SMILES string of the molecule is CC(C)[C@@H](CO)Nc1nc(Nc2cccc(SC(F)(F)F)c2)cc(-c2ccccn2)n1. The van der Waals surface area contributed by atoms with Crippen molar-refractivity contribution in [2.24, 2.45) is 5.92 Å². The highest BCUT2D eigenvalue weighted by atomic mass is 32.2. The van der Waals surface area contributed by atoms with Crippen LogP contribution >= 0.6 is 11.8 Å². The Hall–Kier alpha value is -2.85. The largest absolute Gasteiger partial charge is 0.446 e. The highest BCUT2D eigenvalue weighted by Gasteiger charge is 2.29. The first-order valence-corrected chi connectivity index (χ1v) is 10.4. The summed E-state index contributed by atoms with van der Waals surface area (Å²) in [7, 11) is 0. The van der Waals surface area contributed by atoms with Crippen LogP contribution in [0.1, 0.15) is 13.8 Å². The summed E-state index contributed by atoms with van der Waals surface area (Å²) in [5.74, 6) is 0.784. The van der Waals surface area contributed by atoms with Crippen molar-refractivity contribution in [2.45, 2.75) is 30.3 Å². The lowest BCUT2D eigenvalue weighted by molar-refractivity contribution is -0.0328. The quantitative estimate of drug-likeness (QED) is 0.401. The number of aliphatic hydroxyl groups excluding tert-OH is 1. The van der Waals surface area contributed by atoms with E-state index in [2.05, 4.69) is 25.6 Å². The van der Waals surface area contributed by atoms with Gasteiger partial charge in [-0.2, -0.15) is 18.2 Å². The number of hydrogen-bond acceptors (Lipinski definition) is 7. The van der Waals surface area contributed by atoms with E-state index in [-0.39, 0.29) is 41.2 Å². The van der Waals surface area contributed by atoms with Crippen LogP contribution < -0.4 is 10.6 Å². The van der Waals surface area contributed by atoms with Gasteiger partial charge in [-0.1, -0.05) is 26.0 Å². The lowest BCUT2D eigenvalue weighted by atomic mass is 10.1. The number of alkyl halides is 3. The Balaban J connectivity index is 1.93. The van der Waals surface area contributed by atoms with Crippen LogP contribution in [0.2, 0.25) is 0 Å². The van der Waals surface area contributed by atoms with E-state index in [1.165, 1.54) is 18.2 Å². The van der Waals surface area contributed by atoms with Crippen molar-refractivity contribution in [2.75, 3.05) is 17.2 Å². The average molecular weight is 450 g/mol. The molecular weight excluding hydrogens is 427 g/mol. The molecule has 10 heteroatoms. The van der Waals surface area contributed by atoms with Gasteiger partial charge in [0, 0.05) is 22.8 Å². The first-order valence-electron chi connectivity index (χ1n) is 9.54. The molecule has 0 aliphatic heterocycles. The molecule has 0 unspecified atom stereocenters. The number of hydrogen-bond donors (Lipinski definition) is 3. The minimum Gasteiger partial charge on any atom is -0.394 e. The fourth-order valence-corrected chi connectivity index (χ4v) is 3.33. The molecule has 6 nitrogen and oxygen atoms in total. The molecule has 1 aromatic carbocycles. The van der Waals surface area contributed by atoms with Gasteiger partial charge in [0.25, 0.3) is 0 Å². The Morgan fingerprint density at radius 1 is 1.03 bits per heavy atom. The summed E-state index contributed by atoms with van der Waals surface area (Å²) in [4.78, 5) is 13.3. The second-order valence-electron chi connectivity index (χ2n) is 7.06. The van der Waals surface area contributed by atoms with Gasteiger partial charge in [0.2, 0.25) is 5.95 Å². The molecule has 1 atom stereocenters. The van der Waals surface area contributed by atoms with Crippen LogP contribution in [-0.2, 0) is 0 Å².